The topological polar surface area (TPSA) is 68.9 Å². The number of rotatable bonds is 1. The Bertz CT molecular complexity index is 620. The van der Waals surface area contributed by atoms with Gasteiger partial charge in [-0.25, -0.2) is 9.97 Å². The zero-order chi connectivity index (χ0) is 12.7. The van der Waals surface area contributed by atoms with E-state index in [1.807, 2.05) is 0 Å². The van der Waals surface area contributed by atoms with Crippen molar-refractivity contribution >= 4 is 23.1 Å². The van der Waals surface area contributed by atoms with Gasteiger partial charge in [0.25, 0.3) is 0 Å². The molecule has 1 aliphatic rings. The molecule has 0 bridgehead atoms. The van der Waals surface area contributed by atoms with Gasteiger partial charge in [-0.3, -0.25) is 4.79 Å². The Morgan fingerprint density at radius 2 is 2.22 bits per heavy atom. The first-order valence-corrected chi connectivity index (χ1v) is 6.66. The van der Waals surface area contributed by atoms with Gasteiger partial charge in [-0.15, -0.1) is 11.3 Å². The number of nitrogens with zero attached hydrogens (tertiary/aromatic N) is 2. The van der Waals surface area contributed by atoms with E-state index in [1.54, 1.807) is 17.5 Å². The Labute approximate surface area is 109 Å². The molecule has 0 aromatic carbocycles. The number of carbonyl (C=O) groups excluding carboxylic acids is 1. The predicted molar refractivity (Wildman–Crippen MR) is 70.9 cm³/mol. The van der Waals surface area contributed by atoms with Crippen molar-refractivity contribution in [1.29, 1.82) is 0 Å². The van der Waals surface area contributed by atoms with Crippen LogP contribution in [-0.2, 0) is 6.42 Å². The standard InChI is InChI=1S/C13H13N3OS/c1-7-2-3-12(18-7)8-4-10-9(11(17)5-8)6-15-13(14)16-10/h2-3,6,8H,4-5H2,1H3,(H2,14,15,16)/t8-/m1/s1. The molecule has 2 aromatic rings. The maximum atomic E-state index is 12.1. The number of nitrogen functional groups attached to an aromatic ring is 1. The van der Waals surface area contributed by atoms with Gasteiger partial charge >= 0.3 is 0 Å². The van der Waals surface area contributed by atoms with E-state index >= 15 is 0 Å². The number of hydrogen-bond acceptors (Lipinski definition) is 5. The molecule has 0 unspecified atom stereocenters. The SMILES string of the molecule is Cc1ccc([C@H]2CC(=O)c3cnc(N)nc3C2)s1. The predicted octanol–water partition coefficient (Wildman–Crippen LogP) is 2.34. The lowest BCUT2D eigenvalue weighted by Crippen LogP contribution is -2.20. The van der Waals surface area contributed by atoms with E-state index < -0.39 is 0 Å². The minimum atomic E-state index is 0.118. The zero-order valence-corrected chi connectivity index (χ0v) is 10.8. The van der Waals surface area contributed by atoms with E-state index in [9.17, 15) is 4.79 Å². The molecule has 18 heavy (non-hydrogen) atoms. The normalized spacial score (nSPS) is 18.7. The number of fused-ring (bicyclic) bond motifs is 1. The highest BCUT2D eigenvalue weighted by atomic mass is 32.1. The summed E-state index contributed by atoms with van der Waals surface area (Å²) in [6.07, 6.45) is 2.86. The van der Waals surface area contributed by atoms with Crippen molar-refractivity contribution in [2.75, 3.05) is 5.73 Å². The highest BCUT2D eigenvalue weighted by Crippen LogP contribution is 2.35. The van der Waals surface area contributed by atoms with Crippen LogP contribution in [0.25, 0.3) is 0 Å². The van der Waals surface area contributed by atoms with Crippen molar-refractivity contribution in [3.05, 3.63) is 39.3 Å². The largest absolute Gasteiger partial charge is 0.368 e. The van der Waals surface area contributed by atoms with Gasteiger partial charge in [0.05, 0.1) is 11.3 Å². The average molecular weight is 259 g/mol. The van der Waals surface area contributed by atoms with Crippen LogP contribution in [0.1, 0.15) is 38.1 Å². The third kappa shape index (κ3) is 1.90. The highest BCUT2D eigenvalue weighted by molar-refractivity contribution is 7.12. The molecule has 0 amide bonds. The monoisotopic (exact) mass is 259 g/mol. The molecule has 0 radical (unpaired) electrons. The maximum Gasteiger partial charge on any atom is 0.220 e. The lowest BCUT2D eigenvalue weighted by atomic mass is 9.86. The molecule has 2 N–H and O–H groups in total. The van der Waals surface area contributed by atoms with Gasteiger partial charge in [0.15, 0.2) is 5.78 Å². The summed E-state index contributed by atoms with van der Waals surface area (Å²) in [7, 11) is 0. The van der Waals surface area contributed by atoms with E-state index in [0.717, 1.165) is 12.1 Å². The Morgan fingerprint density at radius 3 is 2.94 bits per heavy atom. The van der Waals surface area contributed by atoms with Crippen LogP contribution in [0.3, 0.4) is 0 Å². The first kappa shape index (κ1) is 11.3. The molecule has 2 heterocycles. The van der Waals surface area contributed by atoms with E-state index in [0.29, 0.717) is 12.0 Å². The molecule has 92 valence electrons. The fraction of sp³-hybridized carbons (Fsp3) is 0.308. The molecule has 1 aliphatic carbocycles. The summed E-state index contributed by atoms with van der Waals surface area (Å²) in [6, 6.07) is 4.20. The molecule has 0 spiro atoms. The van der Waals surface area contributed by atoms with Crippen LogP contribution in [0.2, 0.25) is 0 Å². The second-order valence-corrected chi connectivity index (χ2v) is 5.88. The number of anilines is 1. The third-order valence-electron chi connectivity index (χ3n) is 3.22. The smallest absolute Gasteiger partial charge is 0.220 e. The Kier molecular flexibility index (Phi) is 2.63. The number of carbonyl (C=O) groups is 1. The molecule has 4 nitrogen and oxygen atoms in total. The second-order valence-electron chi connectivity index (χ2n) is 4.57. The number of aromatic nitrogens is 2. The first-order valence-electron chi connectivity index (χ1n) is 5.84. The summed E-state index contributed by atoms with van der Waals surface area (Å²) in [5, 5.41) is 0. The fourth-order valence-corrected chi connectivity index (χ4v) is 3.31. The molecule has 1 atom stereocenters. The van der Waals surface area contributed by atoms with Gasteiger partial charge in [0.1, 0.15) is 0 Å². The fourth-order valence-electron chi connectivity index (χ4n) is 2.33. The summed E-state index contributed by atoms with van der Waals surface area (Å²) < 4.78 is 0. The number of hydrogen-bond donors (Lipinski definition) is 1. The highest BCUT2D eigenvalue weighted by Gasteiger charge is 2.28. The van der Waals surface area contributed by atoms with Crippen molar-refractivity contribution in [1.82, 2.24) is 9.97 Å². The van der Waals surface area contributed by atoms with Crippen molar-refractivity contribution in [2.45, 2.75) is 25.7 Å². The van der Waals surface area contributed by atoms with Gasteiger partial charge < -0.3 is 5.73 Å². The Morgan fingerprint density at radius 1 is 1.39 bits per heavy atom. The van der Waals surface area contributed by atoms with Crippen LogP contribution >= 0.6 is 11.3 Å². The molecule has 2 aromatic heterocycles. The van der Waals surface area contributed by atoms with Crippen molar-refractivity contribution in [2.24, 2.45) is 0 Å². The number of Topliss-reactive ketones (excluding diaryl/α,β-unsaturated/α-hetero) is 1. The van der Waals surface area contributed by atoms with Crippen molar-refractivity contribution < 1.29 is 4.79 Å². The van der Waals surface area contributed by atoms with Crippen LogP contribution in [-0.4, -0.2) is 15.8 Å². The molecule has 0 saturated heterocycles. The average Bonchev–Trinajstić information content (AvgIpc) is 2.75. The minimum absolute atomic E-state index is 0.118. The van der Waals surface area contributed by atoms with Gasteiger partial charge in [-0.1, -0.05) is 0 Å². The number of ketones is 1. The Hall–Kier alpha value is -1.75. The third-order valence-corrected chi connectivity index (χ3v) is 4.38. The van der Waals surface area contributed by atoms with Crippen LogP contribution in [0.15, 0.2) is 18.3 Å². The maximum absolute atomic E-state index is 12.1. The van der Waals surface area contributed by atoms with Crippen LogP contribution in [0.5, 0.6) is 0 Å². The summed E-state index contributed by atoms with van der Waals surface area (Å²) in [5.74, 6) is 0.592. The summed E-state index contributed by atoms with van der Waals surface area (Å²) >= 11 is 1.75. The van der Waals surface area contributed by atoms with E-state index in [4.69, 9.17) is 5.73 Å². The molecular weight excluding hydrogens is 246 g/mol. The minimum Gasteiger partial charge on any atom is -0.368 e. The van der Waals surface area contributed by atoms with E-state index in [2.05, 4.69) is 29.0 Å². The summed E-state index contributed by atoms with van der Waals surface area (Å²) in [4.78, 5) is 22.7. The Balaban J connectivity index is 1.98. The van der Waals surface area contributed by atoms with Gasteiger partial charge in [0, 0.05) is 28.3 Å². The number of thiophene rings is 1. The summed E-state index contributed by atoms with van der Waals surface area (Å²) in [6.45, 7) is 2.08. The molecule has 0 aliphatic heterocycles. The molecule has 3 rings (SSSR count). The quantitative estimate of drug-likeness (QED) is 0.853. The number of nitrogens with two attached hydrogens (primary N) is 1. The van der Waals surface area contributed by atoms with Gasteiger partial charge in [-0.05, 0) is 25.5 Å². The lowest BCUT2D eigenvalue weighted by Gasteiger charge is -2.21. The van der Waals surface area contributed by atoms with Crippen LogP contribution in [0.4, 0.5) is 5.95 Å². The number of aryl methyl sites for hydroxylation is 1. The van der Waals surface area contributed by atoms with E-state index in [1.165, 1.54) is 9.75 Å². The van der Waals surface area contributed by atoms with Gasteiger partial charge in [-0.2, -0.15) is 0 Å². The van der Waals surface area contributed by atoms with Crippen molar-refractivity contribution in [3.8, 4) is 0 Å². The molecule has 0 saturated carbocycles. The molecule has 0 fully saturated rings. The van der Waals surface area contributed by atoms with Crippen LogP contribution in [0, 0.1) is 6.92 Å². The molecular formula is C13H13N3OS. The lowest BCUT2D eigenvalue weighted by molar-refractivity contribution is 0.0963. The zero-order valence-electron chi connectivity index (χ0n) is 10.0. The summed E-state index contributed by atoms with van der Waals surface area (Å²) in [5.41, 5.74) is 7.00. The second kappa shape index (κ2) is 4.17. The molecule has 5 heteroatoms. The van der Waals surface area contributed by atoms with Crippen molar-refractivity contribution in [3.63, 3.8) is 0 Å². The first-order chi connectivity index (χ1) is 8.63. The van der Waals surface area contributed by atoms with E-state index in [-0.39, 0.29) is 17.6 Å². The van der Waals surface area contributed by atoms with Crippen LogP contribution < -0.4 is 5.73 Å². The van der Waals surface area contributed by atoms with Gasteiger partial charge in [0.2, 0.25) is 5.95 Å².